The lowest BCUT2D eigenvalue weighted by molar-refractivity contribution is -0.138. The minimum absolute atomic E-state index is 0.00922. The van der Waals surface area contributed by atoms with E-state index in [-0.39, 0.29) is 36.7 Å². The molecule has 0 spiro atoms. The number of para-hydroxylation sites is 2. The summed E-state index contributed by atoms with van der Waals surface area (Å²) in [6.07, 6.45) is -1.01. The number of fused-ring (bicyclic) bond motifs is 1. The highest BCUT2D eigenvalue weighted by atomic mass is 16.5. The number of hydrogen-bond donors (Lipinski definition) is 2. The fraction of sp³-hybridized carbons (Fsp3) is 0.438. The van der Waals surface area contributed by atoms with E-state index in [0.29, 0.717) is 11.4 Å². The minimum atomic E-state index is -0.895. The second-order valence-corrected chi connectivity index (χ2v) is 5.77. The molecule has 0 fully saturated rings. The Morgan fingerprint density at radius 3 is 2.74 bits per heavy atom. The van der Waals surface area contributed by atoms with E-state index in [1.807, 2.05) is 13.8 Å². The van der Waals surface area contributed by atoms with E-state index in [0.717, 1.165) is 0 Å². The molecule has 0 saturated heterocycles. The number of nitrogens with zero attached hydrogens (tertiary/aromatic N) is 1. The number of carbonyl (C=O) groups excluding carboxylic acids is 3. The van der Waals surface area contributed by atoms with Crippen molar-refractivity contribution in [2.24, 2.45) is 0 Å². The third kappa shape index (κ3) is 4.45. The van der Waals surface area contributed by atoms with Crippen molar-refractivity contribution >= 4 is 23.4 Å². The number of benzene rings is 1. The molecule has 124 valence electrons. The van der Waals surface area contributed by atoms with Crippen LogP contribution in [-0.4, -0.2) is 48.4 Å². The number of rotatable bonds is 5. The number of nitrogens with one attached hydrogen (secondary N) is 2. The summed E-state index contributed by atoms with van der Waals surface area (Å²) < 4.78 is 5.57. The summed E-state index contributed by atoms with van der Waals surface area (Å²) in [5.74, 6) is -0.402. The molecule has 2 rings (SSSR count). The normalized spacial score (nSPS) is 16.2. The molecule has 1 aliphatic rings. The topological polar surface area (TPSA) is 87.7 Å². The SMILES string of the molecule is CC(C)NC(=O)CN(C)C(=O)C[C@H]1Oc2ccccc2NC1=O. The highest BCUT2D eigenvalue weighted by Crippen LogP contribution is 2.29. The maximum absolute atomic E-state index is 12.2. The molecule has 3 amide bonds. The average Bonchev–Trinajstić information content (AvgIpc) is 2.46. The molecule has 1 atom stereocenters. The maximum Gasteiger partial charge on any atom is 0.266 e. The van der Waals surface area contributed by atoms with Crippen molar-refractivity contribution in [2.75, 3.05) is 18.9 Å². The van der Waals surface area contributed by atoms with Gasteiger partial charge in [0.25, 0.3) is 5.91 Å². The average molecular weight is 319 g/mol. The maximum atomic E-state index is 12.2. The summed E-state index contributed by atoms with van der Waals surface area (Å²) in [7, 11) is 1.52. The van der Waals surface area contributed by atoms with Crippen molar-refractivity contribution in [3.63, 3.8) is 0 Å². The van der Waals surface area contributed by atoms with Crippen molar-refractivity contribution in [3.8, 4) is 5.75 Å². The van der Waals surface area contributed by atoms with Crippen LogP contribution in [0.25, 0.3) is 0 Å². The zero-order valence-corrected chi connectivity index (χ0v) is 13.5. The van der Waals surface area contributed by atoms with Gasteiger partial charge in [0.2, 0.25) is 11.8 Å². The number of amides is 3. The number of likely N-dealkylation sites (N-methyl/N-ethyl adjacent to an activating group) is 1. The Morgan fingerprint density at radius 1 is 1.35 bits per heavy atom. The molecule has 23 heavy (non-hydrogen) atoms. The second kappa shape index (κ2) is 7.13. The lowest BCUT2D eigenvalue weighted by Gasteiger charge is -2.26. The Balaban J connectivity index is 1.92. The highest BCUT2D eigenvalue weighted by molar-refractivity contribution is 6.00. The predicted molar refractivity (Wildman–Crippen MR) is 85.0 cm³/mol. The van der Waals surface area contributed by atoms with Crippen LogP contribution in [0.2, 0.25) is 0 Å². The van der Waals surface area contributed by atoms with Gasteiger partial charge >= 0.3 is 0 Å². The van der Waals surface area contributed by atoms with E-state index in [2.05, 4.69) is 10.6 Å². The van der Waals surface area contributed by atoms with Crippen LogP contribution in [0, 0.1) is 0 Å². The van der Waals surface area contributed by atoms with E-state index >= 15 is 0 Å². The zero-order chi connectivity index (χ0) is 17.0. The van der Waals surface area contributed by atoms with E-state index in [1.165, 1.54) is 11.9 Å². The molecular weight excluding hydrogens is 298 g/mol. The van der Waals surface area contributed by atoms with Gasteiger partial charge in [0.1, 0.15) is 5.75 Å². The summed E-state index contributed by atoms with van der Waals surface area (Å²) in [4.78, 5) is 37.1. The molecule has 7 nitrogen and oxygen atoms in total. The zero-order valence-electron chi connectivity index (χ0n) is 13.5. The van der Waals surface area contributed by atoms with Gasteiger partial charge in [-0.15, -0.1) is 0 Å². The van der Waals surface area contributed by atoms with E-state index < -0.39 is 6.10 Å². The quantitative estimate of drug-likeness (QED) is 0.839. The molecule has 1 aromatic rings. The molecule has 1 aromatic carbocycles. The summed E-state index contributed by atoms with van der Waals surface area (Å²) in [6, 6.07) is 7.04. The van der Waals surface area contributed by atoms with Gasteiger partial charge in [-0.25, -0.2) is 0 Å². The van der Waals surface area contributed by atoms with Crippen LogP contribution < -0.4 is 15.4 Å². The molecule has 0 radical (unpaired) electrons. The van der Waals surface area contributed by atoms with Crippen LogP contribution in [0.15, 0.2) is 24.3 Å². The van der Waals surface area contributed by atoms with Crippen LogP contribution >= 0.6 is 0 Å². The second-order valence-electron chi connectivity index (χ2n) is 5.77. The molecule has 2 N–H and O–H groups in total. The molecule has 0 aromatic heterocycles. The van der Waals surface area contributed by atoms with Gasteiger partial charge in [-0.05, 0) is 26.0 Å². The fourth-order valence-electron chi connectivity index (χ4n) is 2.21. The van der Waals surface area contributed by atoms with Crippen LogP contribution in [-0.2, 0) is 14.4 Å². The Labute approximate surface area is 135 Å². The van der Waals surface area contributed by atoms with E-state index in [9.17, 15) is 14.4 Å². The van der Waals surface area contributed by atoms with Gasteiger partial charge in [-0.1, -0.05) is 12.1 Å². The van der Waals surface area contributed by atoms with Gasteiger partial charge in [-0.3, -0.25) is 14.4 Å². The lowest BCUT2D eigenvalue weighted by Crippen LogP contribution is -2.44. The number of hydrogen-bond acceptors (Lipinski definition) is 4. The minimum Gasteiger partial charge on any atom is -0.478 e. The van der Waals surface area contributed by atoms with Gasteiger partial charge in [-0.2, -0.15) is 0 Å². The lowest BCUT2D eigenvalue weighted by atomic mass is 10.1. The Kier molecular flexibility index (Phi) is 5.20. The Hall–Kier alpha value is -2.57. The van der Waals surface area contributed by atoms with Crippen LogP contribution in [0.1, 0.15) is 20.3 Å². The summed E-state index contributed by atoms with van der Waals surface area (Å²) in [5.41, 5.74) is 0.589. The van der Waals surface area contributed by atoms with Crippen molar-refractivity contribution in [2.45, 2.75) is 32.4 Å². The summed E-state index contributed by atoms with van der Waals surface area (Å²) in [6.45, 7) is 3.64. The third-order valence-corrected chi connectivity index (χ3v) is 3.32. The molecule has 1 heterocycles. The molecule has 0 unspecified atom stereocenters. The molecule has 0 aliphatic carbocycles. The largest absolute Gasteiger partial charge is 0.478 e. The van der Waals surface area contributed by atoms with Gasteiger partial charge < -0.3 is 20.3 Å². The van der Waals surface area contributed by atoms with Crippen molar-refractivity contribution in [1.82, 2.24) is 10.2 Å². The first kappa shape index (κ1) is 16.8. The monoisotopic (exact) mass is 319 g/mol. The molecule has 0 saturated carbocycles. The van der Waals surface area contributed by atoms with Crippen molar-refractivity contribution in [1.29, 1.82) is 0 Å². The third-order valence-electron chi connectivity index (χ3n) is 3.32. The Bertz CT molecular complexity index is 615. The molecule has 7 heteroatoms. The predicted octanol–water partition coefficient (Wildman–Crippen LogP) is 0.759. The first-order chi connectivity index (χ1) is 10.9. The summed E-state index contributed by atoms with van der Waals surface area (Å²) >= 11 is 0. The van der Waals surface area contributed by atoms with Gasteiger partial charge in [0.15, 0.2) is 6.10 Å². The Morgan fingerprint density at radius 2 is 2.04 bits per heavy atom. The van der Waals surface area contributed by atoms with Crippen LogP contribution in [0.4, 0.5) is 5.69 Å². The molecule has 1 aliphatic heterocycles. The van der Waals surface area contributed by atoms with Gasteiger partial charge in [0, 0.05) is 13.1 Å². The van der Waals surface area contributed by atoms with Crippen LogP contribution in [0.3, 0.4) is 0 Å². The van der Waals surface area contributed by atoms with Crippen LogP contribution in [0.5, 0.6) is 5.75 Å². The first-order valence-electron chi connectivity index (χ1n) is 7.46. The number of anilines is 1. The van der Waals surface area contributed by atoms with E-state index in [1.54, 1.807) is 24.3 Å². The molecular formula is C16H21N3O4. The number of ether oxygens (including phenoxy) is 1. The first-order valence-corrected chi connectivity index (χ1v) is 7.46. The van der Waals surface area contributed by atoms with Crippen molar-refractivity contribution < 1.29 is 19.1 Å². The summed E-state index contributed by atoms with van der Waals surface area (Å²) in [5, 5.41) is 5.42. The van der Waals surface area contributed by atoms with E-state index in [4.69, 9.17) is 4.74 Å². The van der Waals surface area contributed by atoms with Crippen molar-refractivity contribution in [3.05, 3.63) is 24.3 Å². The fourth-order valence-corrected chi connectivity index (χ4v) is 2.21. The molecule has 0 bridgehead atoms. The smallest absolute Gasteiger partial charge is 0.266 e. The number of carbonyl (C=O) groups is 3. The van der Waals surface area contributed by atoms with Gasteiger partial charge in [0.05, 0.1) is 18.7 Å². The standard InChI is InChI=1S/C16H21N3O4/c1-10(2)17-14(20)9-19(3)15(21)8-13-16(22)18-11-6-4-5-7-12(11)23-13/h4-7,10,13H,8-9H2,1-3H3,(H,17,20)(H,18,22)/t13-/m1/s1. The highest BCUT2D eigenvalue weighted by Gasteiger charge is 2.30.